The number of aromatic amines is 1. The van der Waals surface area contributed by atoms with Crippen LogP contribution in [0.2, 0.25) is 0 Å². The van der Waals surface area contributed by atoms with Crippen LogP contribution in [0.5, 0.6) is 5.75 Å². The van der Waals surface area contributed by atoms with Crippen LogP contribution in [0.15, 0.2) is 46.7 Å². The van der Waals surface area contributed by atoms with Crippen molar-refractivity contribution in [2.75, 3.05) is 13.1 Å². The quantitative estimate of drug-likeness (QED) is 0.674. The number of carbonyl (C=O) groups excluding carboxylic acids is 1. The number of aromatic nitrogens is 3. The molecule has 0 aliphatic carbocycles. The smallest absolute Gasteiger partial charge is 0.263 e. The van der Waals surface area contributed by atoms with Crippen molar-refractivity contribution in [3.63, 3.8) is 0 Å². The average Bonchev–Trinajstić information content (AvgIpc) is 3.29. The zero-order valence-corrected chi connectivity index (χ0v) is 17.2. The predicted molar refractivity (Wildman–Crippen MR) is 111 cm³/mol. The highest BCUT2D eigenvalue weighted by molar-refractivity contribution is 7.13. The average molecular weight is 428 g/mol. The lowest BCUT2D eigenvalue weighted by Crippen LogP contribution is -2.44. The van der Waals surface area contributed by atoms with Gasteiger partial charge < -0.3 is 14.6 Å². The minimum absolute atomic E-state index is 0.0458. The Morgan fingerprint density at radius 1 is 1.33 bits per heavy atom. The zero-order chi connectivity index (χ0) is 21.1. The van der Waals surface area contributed by atoms with Crippen molar-refractivity contribution in [1.29, 1.82) is 0 Å². The van der Waals surface area contributed by atoms with Gasteiger partial charge in [-0.05, 0) is 31.9 Å². The Kier molecular flexibility index (Phi) is 5.89. The third kappa shape index (κ3) is 4.40. The lowest BCUT2D eigenvalue weighted by atomic mass is 9.95. The lowest BCUT2D eigenvalue weighted by molar-refractivity contribution is -0.139. The molecule has 7 nitrogen and oxygen atoms in total. The topological polar surface area (TPSA) is 88.2 Å². The molecule has 3 aromatic rings. The number of carbonyl (C=O) groups is 1. The van der Waals surface area contributed by atoms with Gasteiger partial charge in [-0.3, -0.25) is 9.59 Å². The first-order chi connectivity index (χ1) is 14.5. The van der Waals surface area contributed by atoms with Crippen molar-refractivity contribution in [1.82, 2.24) is 19.9 Å². The van der Waals surface area contributed by atoms with Crippen LogP contribution < -0.4 is 10.3 Å². The maximum atomic E-state index is 13.8. The zero-order valence-electron chi connectivity index (χ0n) is 16.4. The SMILES string of the molecule is C[C@@H](Oc1ccccc1F)C(=O)N1CCC(c2nc(-c3nccs3)cc(=O)[nH]2)CC1. The highest BCUT2D eigenvalue weighted by atomic mass is 32.1. The van der Waals surface area contributed by atoms with Gasteiger partial charge in [0.15, 0.2) is 17.7 Å². The Morgan fingerprint density at radius 3 is 2.80 bits per heavy atom. The maximum Gasteiger partial charge on any atom is 0.263 e. The number of nitrogens with one attached hydrogen (secondary N) is 1. The van der Waals surface area contributed by atoms with E-state index >= 15 is 0 Å². The second-order valence-corrected chi connectivity index (χ2v) is 8.04. The summed E-state index contributed by atoms with van der Waals surface area (Å²) >= 11 is 1.43. The van der Waals surface area contributed by atoms with Crippen molar-refractivity contribution in [3.05, 3.63) is 63.9 Å². The number of amides is 1. The number of H-pyrrole nitrogens is 1. The molecule has 1 amide bonds. The van der Waals surface area contributed by atoms with Crippen molar-refractivity contribution < 1.29 is 13.9 Å². The normalized spacial score (nSPS) is 15.7. The first-order valence-electron chi connectivity index (χ1n) is 9.72. The van der Waals surface area contributed by atoms with Crippen LogP contribution in [0.3, 0.4) is 0 Å². The van der Waals surface area contributed by atoms with Crippen molar-refractivity contribution in [2.24, 2.45) is 0 Å². The van der Waals surface area contributed by atoms with Gasteiger partial charge in [-0.1, -0.05) is 12.1 Å². The van der Waals surface area contributed by atoms with E-state index in [1.165, 1.54) is 29.5 Å². The molecule has 0 saturated carbocycles. The number of ether oxygens (including phenoxy) is 1. The van der Waals surface area contributed by atoms with E-state index < -0.39 is 11.9 Å². The van der Waals surface area contributed by atoms with E-state index in [0.717, 1.165) is 0 Å². The summed E-state index contributed by atoms with van der Waals surface area (Å²) in [4.78, 5) is 38.2. The number of halogens is 1. The van der Waals surface area contributed by atoms with Crippen molar-refractivity contribution in [2.45, 2.75) is 31.8 Å². The summed E-state index contributed by atoms with van der Waals surface area (Å²) in [6.45, 7) is 2.65. The summed E-state index contributed by atoms with van der Waals surface area (Å²) in [7, 11) is 0. The van der Waals surface area contributed by atoms with Crippen LogP contribution in [0.4, 0.5) is 4.39 Å². The molecule has 9 heteroatoms. The van der Waals surface area contributed by atoms with E-state index in [0.29, 0.717) is 42.5 Å². The molecule has 1 saturated heterocycles. The number of nitrogens with zero attached hydrogens (tertiary/aromatic N) is 3. The number of thiazole rings is 1. The summed E-state index contributed by atoms with van der Waals surface area (Å²) in [5.41, 5.74) is 0.352. The number of rotatable bonds is 5. The summed E-state index contributed by atoms with van der Waals surface area (Å²) in [5.74, 6) is 0.0506. The molecule has 3 heterocycles. The summed E-state index contributed by atoms with van der Waals surface area (Å²) in [6.07, 6.45) is 2.23. The Balaban J connectivity index is 1.40. The molecule has 2 aromatic heterocycles. The fraction of sp³-hybridized carbons (Fsp3) is 0.333. The van der Waals surface area contributed by atoms with Gasteiger partial charge in [0.1, 0.15) is 16.5 Å². The molecule has 1 aromatic carbocycles. The van der Waals surface area contributed by atoms with Crippen LogP contribution in [0.25, 0.3) is 10.7 Å². The van der Waals surface area contributed by atoms with E-state index in [1.807, 2.05) is 5.38 Å². The fourth-order valence-electron chi connectivity index (χ4n) is 3.54. The van der Waals surface area contributed by atoms with Gasteiger partial charge in [0.25, 0.3) is 11.5 Å². The van der Waals surface area contributed by atoms with E-state index in [-0.39, 0.29) is 23.1 Å². The molecule has 0 unspecified atom stereocenters. The number of hydrogen-bond donors (Lipinski definition) is 1. The molecule has 0 bridgehead atoms. The van der Waals surface area contributed by atoms with Gasteiger partial charge in [-0.2, -0.15) is 0 Å². The molecular formula is C21H21FN4O3S. The van der Waals surface area contributed by atoms with Gasteiger partial charge in [0, 0.05) is 36.7 Å². The molecule has 156 valence electrons. The predicted octanol–water partition coefficient (Wildman–Crippen LogP) is 3.21. The number of likely N-dealkylation sites (tertiary alicyclic amines) is 1. The number of piperidine rings is 1. The van der Waals surface area contributed by atoms with Crippen molar-refractivity contribution >= 4 is 17.2 Å². The minimum atomic E-state index is -0.787. The van der Waals surface area contributed by atoms with Gasteiger partial charge in [0.05, 0.1) is 0 Å². The first kappa shape index (κ1) is 20.2. The molecule has 1 N–H and O–H groups in total. The number of benzene rings is 1. The Labute approximate surface area is 176 Å². The molecule has 0 radical (unpaired) electrons. The van der Waals surface area contributed by atoms with Crippen LogP contribution in [-0.4, -0.2) is 45.0 Å². The Hall–Kier alpha value is -3.07. The molecule has 1 aliphatic rings. The highest BCUT2D eigenvalue weighted by Crippen LogP contribution is 2.28. The minimum Gasteiger partial charge on any atom is -0.478 e. The molecule has 1 fully saturated rings. The molecule has 1 atom stereocenters. The second-order valence-electron chi connectivity index (χ2n) is 7.14. The van der Waals surface area contributed by atoms with Gasteiger partial charge >= 0.3 is 0 Å². The summed E-state index contributed by atoms with van der Waals surface area (Å²) < 4.78 is 19.3. The molecule has 0 spiro atoms. The summed E-state index contributed by atoms with van der Waals surface area (Å²) in [6, 6.07) is 7.48. The maximum absolute atomic E-state index is 13.8. The van der Waals surface area contributed by atoms with Crippen LogP contribution >= 0.6 is 11.3 Å². The van der Waals surface area contributed by atoms with E-state index in [9.17, 15) is 14.0 Å². The first-order valence-corrected chi connectivity index (χ1v) is 10.6. The third-order valence-corrected chi connectivity index (χ3v) is 5.89. The largest absolute Gasteiger partial charge is 0.478 e. The number of para-hydroxylation sites is 1. The van der Waals surface area contributed by atoms with E-state index in [1.54, 1.807) is 30.2 Å². The highest BCUT2D eigenvalue weighted by Gasteiger charge is 2.29. The van der Waals surface area contributed by atoms with Gasteiger partial charge in [-0.25, -0.2) is 14.4 Å². The van der Waals surface area contributed by atoms with Crippen LogP contribution in [-0.2, 0) is 4.79 Å². The van der Waals surface area contributed by atoms with E-state index in [2.05, 4.69) is 15.0 Å². The number of hydrogen-bond acceptors (Lipinski definition) is 6. The molecule has 1 aliphatic heterocycles. The molecule has 30 heavy (non-hydrogen) atoms. The Morgan fingerprint density at radius 2 is 2.10 bits per heavy atom. The van der Waals surface area contributed by atoms with E-state index in [4.69, 9.17) is 4.74 Å². The monoisotopic (exact) mass is 428 g/mol. The van der Waals surface area contributed by atoms with Gasteiger partial charge in [-0.15, -0.1) is 11.3 Å². The standard InChI is InChI=1S/C21H21FN4O3S/c1-13(29-17-5-3-2-4-15(17)22)21(28)26-9-6-14(7-10-26)19-24-16(12-18(27)25-19)20-23-8-11-30-20/h2-5,8,11-14H,6-7,9-10H2,1H3,(H,24,25,27)/t13-/m1/s1. The van der Waals surface area contributed by atoms with Crippen LogP contribution in [0.1, 0.15) is 31.5 Å². The van der Waals surface area contributed by atoms with Crippen molar-refractivity contribution in [3.8, 4) is 16.5 Å². The molecule has 4 rings (SSSR count). The van der Waals surface area contributed by atoms with Crippen LogP contribution in [0, 0.1) is 5.82 Å². The fourth-order valence-corrected chi connectivity index (χ4v) is 4.14. The van der Waals surface area contributed by atoms with Gasteiger partial charge in [0.2, 0.25) is 0 Å². The molecular weight excluding hydrogens is 407 g/mol. The third-order valence-electron chi connectivity index (χ3n) is 5.09. The lowest BCUT2D eigenvalue weighted by Gasteiger charge is -2.33. The second kappa shape index (κ2) is 8.74. The Bertz CT molecular complexity index is 1080. The summed E-state index contributed by atoms with van der Waals surface area (Å²) in [5, 5.41) is 2.54.